The predicted molar refractivity (Wildman–Crippen MR) is 102 cm³/mol. The van der Waals surface area contributed by atoms with Crippen molar-refractivity contribution in [3.05, 3.63) is 53.2 Å². The first kappa shape index (κ1) is 18.5. The number of hydrogen-bond donors (Lipinski definition) is 1. The summed E-state index contributed by atoms with van der Waals surface area (Å²) in [6.07, 6.45) is 4.92. The summed E-state index contributed by atoms with van der Waals surface area (Å²) in [6, 6.07) is 8.36. The molecule has 1 atom stereocenters. The molecule has 2 aliphatic rings. The van der Waals surface area contributed by atoms with Gasteiger partial charge in [-0.15, -0.1) is 0 Å². The Labute approximate surface area is 164 Å². The molecule has 28 heavy (non-hydrogen) atoms. The third-order valence-electron chi connectivity index (χ3n) is 5.98. The summed E-state index contributed by atoms with van der Waals surface area (Å²) in [5.74, 6) is 0.448. The maximum atomic E-state index is 13.0. The normalized spacial score (nSPS) is 19.9. The minimum Gasteiger partial charge on any atom is -0.465 e. The minimum atomic E-state index is -0.892. The molecule has 1 fully saturated rings. The summed E-state index contributed by atoms with van der Waals surface area (Å²) in [4.78, 5) is 31.7. The molecular weight excluding hydrogens is 358 g/mol. The molecule has 0 unspecified atom stereocenters. The summed E-state index contributed by atoms with van der Waals surface area (Å²) in [5.41, 5.74) is 2.85. The quantitative estimate of drug-likeness (QED) is 0.874. The van der Waals surface area contributed by atoms with Crippen molar-refractivity contribution in [2.24, 2.45) is 0 Å². The van der Waals surface area contributed by atoms with Crippen molar-refractivity contribution >= 4 is 12.0 Å². The molecule has 0 radical (unpaired) electrons. The third-order valence-corrected chi connectivity index (χ3v) is 5.98. The number of carboxylic acid groups (broad SMARTS) is 1. The molecular formula is C21H25N3O4. The van der Waals surface area contributed by atoms with Gasteiger partial charge < -0.3 is 19.3 Å². The van der Waals surface area contributed by atoms with Crippen LogP contribution in [0.1, 0.15) is 65.1 Å². The predicted octanol–water partition coefficient (Wildman–Crippen LogP) is 3.68. The summed E-state index contributed by atoms with van der Waals surface area (Å²) in [6.45, 7) is 0.925. The zero-order chi connectivity index (χ0) is 19.7. The Balaban J connectivity index is 1.46. The molecule has 0 spiro atoms. The fourth-order valence-corrected chi connectivity index (χ4v) is 4.34. The zero-order valence-corrected chi connectivity index (χ0v) is 16.0. The van der Waals surface area contributed by atoms with Gasteiger partial charge in [-0.3, -0.25) is 4.79 Å². The summed E-state index contributed by atoms with van der Waals surface area (Å²) >= 11 is 0. The van der Waals surface area contributed by atoms with Gasteiger partial charge in [0.15, 0.2) is 11.6 Å². The highest BCUT2D eigenvalue weighted by Gasteiger charge is 2.31. The van der Waals surface area contributed by atoms with E-state index in [0.717, 1.165) is 19.3 Å². The largest absolute Gasteiger partial charge is 0.465 e. The Kier molecular flexibility index (Phi) is 5.07. The number of nitrogens with zero attached hydrogens (tertiary/aromatic N) is 3. The van der Waals surface area contributed by atoms with Crippen molar-refractivity contribution < 1.29 is 19.1 Å². The van der Waals surface area contributed by atoms with E-state index in [1.54, 1.807) is 4.90 Å². The molecule has 148 valence electrons. The average molecular weight is 383 g/mol. The van der Waals surface area contributed by atoms with Crippen LogP contribution in [-0.4, -0.2) is 52.0 Å². The standard InChI is InChI=1S/C21H25N3O4/c1-23(18-8-4-6-14-5-2-3-7-16(14)18)20(25)17-13-28-19(22-17)15-9-11-24(12-10-15)21(26)27/h2-3,5,7,13,15,18H,4,6,8-12H2,1H3,(H,26,27)/t18-/m1/s1. The van der Waals surface area contributed by atoms with E-state index in [9.17, 15) is 9.59 Å². The Bertz CT molecular complexity index is 870. The number of fused-ring (bicyclic) bond motifs is 1. The number of hydrogen-bond acceptors (Lipinski definition) is 4. The zero-order valence-electron chi connectivity index (χ0n) is 16.0. The number of likely N-dealkylation sites (tertiary alicyclic amines) is 1. The highest BCUT2D eigenvalue weighted by atomic mass is 16.4. The topological polar surface area (TPSA) is 86.9 Å². The number of rotatable bonds is 3. The van der Waals surface area contributed by atoms with E-state index < -0.39 is 6.09 Å². The lowest BCUT2D eigenvalue weighted by Gasteiger charge is -2.32. The van der Waals surface area contributed by atoms with Gasteiger partial charge in [0.05, 0.1) is 6.04 Å². The van der Waals surface area contributed by atoms with Crippen LogP contribution in [0.2, 0.25) is 0 Å². The lowest BCUT2D eigenvalue weighted by molar-refractivity contribution is 0.0709. The molecule has 2 aromatic rings. The van der Waals surface area contributed by atoms with E-state index in [1.807, 2.05) is 19.2 Å². The van der Waals surface area contributed by atoms with Crippen molar-refractivity contribution in [3.63, 3.8) is 0 Å². The molecule has 1 aliphatic carbocycles. The van der Waals surface area contributed by atoms with Crippen molar-refractivity contribution in [3.8, 4) is 0 Å². The molecule has 7 nitrogen and oxygen atoms in total. The first-order chi connectivity index (χ1) is 13.5. The molecule has 1 saturated heterocycles. The average Bonchev–Trinajstić information content (AvgIpc) is 3.22. The molecule has 4 rings (SSSR count). The number of aromatic nitrogens is 1. The number of aryl methyl sites for hydroxylation is 1. The monoisotopic (exact) mass is 383 g/mol. The summed E-state index contributed by atoms with van der Waals surface area (Å²) in [5, 5.41) is 9.06. The molecule has 1 aromatic heterocycles. The van der Waals surface area contributed by atoms with Crippen LogP contribution in [0.4, 0.5) is 4.79 Å². The van der Waals surface area contributed by atoms with Crippen LogP contribution in [-0.2, 0) is 6.42 Å². The number of oxazole rings is 1. The highest BCUT2D eigenvalue weighted by Crippen LogP contribution is 2.34. The molecule has 1 N–H and O–H groups in total. The maximum Gasteiger partial charge on any atom is 0.407 e. The van der Waals surface area contributed by atoms with Gasteiger partial charge in [-0.25, -0.2) is 9.78 Å². The van der Waals surface area contributed by atoms with Gasteiger partial charge in [0.1, 0.15) is 6.26 Å². The third kappa shape index (κ3) is 3.48. The van der Waals surface area contributed by atoms with Gasteiger partial charge in [0, 0.05) is 26.1 Å². The minimum absolute atomic E-state index is 0.0522. The Morgan fingerprint density at radius 3 is 2.71 bits per heavy atom. The van der Waals surface area contributed by atoms with Crippen LogP contribution in [0.5, 0.6) is 0 Å². The smallest absolute Gasteiger partial charge is 0.407 e. The number of amides is 2. The molecule has 0 bridgehead atoms. The molecule has 0 saturated carbocycles. The Morgan fingerprint density at radius 1 is 1.21 bits per heavy atom. The molecule has 7 heteroatoms. The van der Waals surface area contributed by atoms with E-state index in [1.165, 1.54) is 22.3 Å². The fourth-order valence-electron chi connectivity index (χ4n) is 4.34. The van der Waals surface area contributed by atoms with Gasteiger partial charge in [0.2, 0.25) is 0 Å². The molecule has 1 aromatic carbocycles. The second kappa shape index (κ2) is 7.66. The SMILES string of the molecule is CN(C(=O)c1coc(C2CCN(C(=O)O)CC2)n1)[C@@H]1CCCc2ccccc21. The van der Waals surface area contributed by atoms with Crippen molar-refractivity contribution in [2.45, 2.75) is 44.1 Å². The van der Waals surface area contributed by atoms with Gasteiger partial charge in [-0.1, -0.05) is 24.3 Å². The van der Waals surface area contributed by atoms with Gasteiger partial charge >= 0.3 is 6.09 Å². The van der Waals surface area contributed by atoms with Crippen LogP contribution in [0.25, 0.3) is 0 Å². The highest BCUT2D eigenvalue weighted by molar-refractivity contribution is 5.92. The fraction of sp³-hybridized carbons (Fsp3) is 0.476. The molecule has 2 heterocycles. The van der Waals surface area contributed by atoms with Crippen LogP contribution in [0, 0.1) is 0 Å². The maximum absolute atomic E-state index is 13.0. The Morgan fingerprint density at radius 2 is 1.96 bits per heavy atom. The van der Waals surface area contributed by atoms with E-state index in [0.29, 0.717) is 37.5 Å². The number of piperidine rings is 1. The van der Waals surface area contributed by atoms with Crippen LogP contribution < -0.4 is 0 Å². The van der Waals surface area contributed by atoms with Crippen LogP contribution in [0.3, 0.4) is 0 Å². The summed E-state index contributed by atoms with van der Waals surface area (Å²) < 4.78 is 5.60. The lowest BCUT2D eigenvalue weighted by atomic mass is 9.87. The molecule has 1 aliphatic heterocycles. The van der Waals surface area contributed by atoms with Gasteiger partial charge in [-0.05, 0) is 43.2 Å². The van der Waals surface area contributed by atoms with Crippen molar-refractivity contribution in [2.75, 3.05) is 20.1 Å². The van der Waals surface area contributed by atoms with Crippen molar-refractivity contribution in [1.82, 2.24) is 14.8 Å². The second-order valence-corrected chi connectivity index (χ2v) is 7.64. The van der Waals surface area contributed by atoms with Crippen LogP contribution >= 0.6 is 0 Å². The first-order valence-electron chi connectivity index (χ1n) is 9.83. The van der Waals surface area contributed by atoms with E-state index in [-0.39, 0.29) is 17.9 Å². The second-order valence-electron chi connectivity index (χ2n) is 7.64. The Hall–Kier alpha value is -2.83. The summed E-state index contributed by atoms with van der Waals surface area (Å²) in [7, 11) is 1.83. The van der Waals surface area contributed by atoms with Crippen molar-refractivity contribution in [1.29, 1.82) is 0 Å². The number of benzene rings is 1. The lowest BCUT2D eigenvalue weighted by Crippen LogP contribution is -2.37. The van der Waals surface area contributed by atoms with Gasteiger partial charge in [0.25, 0.3) is 5.91 Å². The van der Waals surface area contributed by atoms with Crippen LogP contribution in [0.15, 0.2) is 34.9 Å². The molecule has 2 amide bonds. The number of carbonyl (C=O) groups is 2. The van der Waals surface area contributed by atoms with E-state index in [4.69, 9.17) is 9.52 Å². The first-order valence-corrected chi connectivity index (χ1v) is 9.83. The number of carbonyl (C=O) groups excluding carboxylic acids is 1. The van der Waals surface area contributed by atoms with E-state index in [2.05, 4.69) is 17.1 Å². The van der Waals surface area contributed by atoms with E-state index >= 15 is 0 Å². The van der Waals surface area contributed by atoms with Gasteiger partial charge in [-0.2, -0.15) is 0 Å².